The molecule has 3 rings (SSSR count). The summed E-state index contributed by atoms with van der Waals surface area (Å²) < 4.78 is 5.35. The van der Waals surface area contributed by atoms with Crippen LogP contribution < -0.4 is 10.6 Å². The summed E-state index contributed by atoms with van der Waals surface area (Å²) in [6, 6.07) is 8.40. The van der Waals surface area contributed by atoms with Gasteiger partial charge >= 0.3 is 0 Å². The minimum Gasteiger partial charge on any atom is -0.379 e. The van der Waals surface area contributed by atoms with Crippen molar-refractivity contribution in [2.24, 2.45) is 0 Å². The predicted molar refractivity (Wildman–Crippen MR) is 94.1 cm³/mol. The van der Waals surface area contributed by atoms with Crippen molar-refractivity contribution < 1.29 is 4.74 Å². The number of aryl methyl sites for hydroxylation is 1. The number of anilines is 2. The van der Waals surface area contributed by atoms with Crippen molar-refractivity contribution in [2.75, 3.05) is 50.0 Å². The van der Waals surface area contributed by atoms with Gasteiger partial charge in [0.1, 0.15) is 0 Å². The van der Waals surface area contributed by atoms with Crippen LogP contribution in [-0.4, -0.2) is 59.5 Å². The molecule has 7 heteroatoms. The highest BCUT2D eigenvalue weighted by atomic mass is 16.5. The largest absolute Gasteiger partial charge is 0.379 e. The van der Waals surface area contributed by atoms with Crippen LogP contribution in [0, 0.1) is 6.92 Å². The van der Waals surface area contributed by atoms with E-state index in [0.29, 0.717) is 12.5 Å². The molecule has 1 aromatic carbocycles. The lowest BCUT2D eigenvalue weighted by Gasteiger charge is -2.26. The van der Waals surface area contributed by atoms with Crippen LogP contribution in [0.2, 0.25) is 0 Å². The second kappa shape index (κ2) is 8.56. The maximum Gasteiger partial charge on any atom is 0.244 e. The number of rotatable bonds is 7. The fourth-order valence-electron chi connectivity index (χ4n) is 2.63. The zero-order chi connectivity index (χ0) is 16.6. The summed E-state index contributed by atoms with van der Waals surface area (Å²) in [4.78, 5) is 6.82. The van der Waals surface area contributed by atoms with Gasteiger partial charge in [0.25, 0.3) is 0 Å². The van der Waals surface area contributed by atoms with Crippen LogP contribution in [-0.2, 0) is 11.3 Å². The van der Waals surface area contributed by atoms with Crippen molar-refractivity contribution in [3.8, 4) is 0 Å². The third-order valence-corrected chi connectivity index (χ3v) is 3.93. The number of morpholine rings is 1. The summed E-state index contributed by atoms with van der Waals surface area (Å²) in [6.45, 7) is 8.15. The number of nitrogens with zero attached hydrogens (tertiary/aromatic N) is 4. The lowest BCUT2D eigenvalue weighted by molar-refractivity contribution is 0.0398. The minimum absolute atomic E-state index is 0.553. The molecule has 0 aliphatic carbocycles. The van der Waals surface area contributed by atoms with E-state index in [0.717, 1.165) is 45.2 Å². The van der Waals surface area contributed by atoms with E-state index in [1.165, 1.54) is 11.1 Å². The number of hydrogen-bond acceptors (Lipinski definition) is 7. The van der Waals surface area contributed by atoms with Crippen LogP contribution in [0.5, 0.6) is 0 Å². The third-order valence-electron chi connectivity index (χ3n) is 3.93. The number of aromatic nitrogens is 3. The Hall–Kier alpha value is -2.25. The topological polar surface area (TPSA) is 75.2 Å². The molecule has 128 valence electrons. The summed E-state index contributed by atoms with van der Waals surface area (Å²) in [7, 11) is 0. The molecule has 7 nitrogen and oxygen atoms in total. The van der Waals surface area contributed by atoms with Crippen LogP contribution in [0.1, 0.15) is 11.1 Å². The fourth-order valence-corrected chi connectivity index (χ4v) is 2.63. The maximum atomic E-state index is 5.35. The van der Waals surface area contributed by atoms with Crippen molar-refractivity contribution in [3.63, 3.8) is 0 Å². The molecule has 2 heterocycles. The average molecular weight is 328 g/mol. The summed E-state index contributed by atoms with van der Waals surface area (Å²) in [6.07, 6.45) is 1.64. The fraction of sp³-hybridized carbons (Fsp3) is 0.471. The molecule has 0 saturated carbocycles. The Morgan fingerprint density at radius 3 is 2.92 bits per heavy atom. The van der Waals surface area contributed by atoms with Crippen LogP contribution in [0.25, 0.3) is 0 Å². The Bertz CT molecular complexity index is 644. The first-order chi connectivity index (χ1) is 11.8. The number of hydrogen-bond donors (Lipinski definition) is 2. The highest BCUT2D eigenvalue weighted by molar-refractivity contribution is 5.38. The van der Waals surface area contributed by atoms with Crippen molar-refractivity contribution in [2.45, 2.75) is 13.5 Å². The van der Waals surface area contributed by atoms with Gasteiger partial charge in [-0.25, -0.2) is 0 Å². The molecular weight excluding hydrogens is 304 g/mol. The Morgan fingerprint density at radius 1 is 1.21 bits per heavy atom. The summed E-state index contributed by atoms with van der Waals surface area (Å²) >= 11 is 0. The molecule has 1 aromatic heterocycles. The van der Waals surface area contributed by atoms with Crippen molar-refractivity contribution in [1.29, 1.82) is 0 Å². The Balaban J connectivity index is 1.46. The number of ether oxygens (including phenoxy) is 1. The molecule has 0 atom stereocenters. The van der Waals surface area contributed by atoms with Gasteiger partial charge in [-0.15, -0.1) is 5.10 Å². The maximum absolute atomic E-state index is 5.35. The van der Waals surface area contributed by atoms with Crippen molar-refractivity contribution in [3.05, 3.63) is 41.6 Å². The van der Waals surface area contributed by atoms with Crippen LogP contribution >= 0.6 is 0 Å². The van der Waals surface area contributed by atoms with Gasteiger partial charge in [-0.2, -0.15) is 10.1 Å². The second-order valence-corrected chi connectivity index (χ2v) is 5.89. The summed E-state index contributed by atoms with van der Waals surface area (Å²) in [5.41, 5.74) is 2.47. The van der Waals surface area contributed by atoms with Crippen molar-refractivity contribution >= 4 is 11.8 Å². The Kier molecular flexibility index (Phi) is 5.92. The van der Waals surface area contributed by atoms with E-state index >= 15 is 0 Å². The highest BCUT2D eigenvalue weighted by Crippen LogP contribution is 2.08. The Morgan fingerprint density at radius 2 is 2.08 bits per heavy atom. The predicted octanol–water partition coefficient (Wildman–Crippen LogP) is 1.54. The number of nitrogens with one attached hydrogen (secondary N) is 2. The zero-order valence-corrected chi connectivity index (χ0v) is 14.0. The molecule has 0 spiro atoms. The van der Waals surface area contributed by atoms with Gasteiger partial charge in [0.15, 0.2) is 5.82 Å². The van der Waals surface area contributed by atoms with E-state index in [-0.39, 0.29) is 0 Å². The summed E-state index contributed by atoms with van der Waals surface area (Å²) in [5.74, 6) is 1.28. The standard InChI is InChI=1S/C17H24N6O/c1-14-3-2-4-15(11-14)12-19-16-13-20-22-17(21-16)18-5-6-23-7-9-24-10-8-23/h2-4,11,13H,5-10,12H2,1H3,(H2,18,19,21,22). The normalized spacial score (nSPS) is 15.2. The second-order valence-electron chi connectivity index (χ2n) is 5.89. The molecule has 2 N–H and O–H groups in total. The molecule has 0 unspecified atom stereocenters. The molecular formula is C17H24N6O. The van der Waals surface area contributed by atoms with E-state index in [1.54, 1.807) is 6.20 Å². The van der Waals surface area contributed by atoms with Crippen LogP contribution in [0.15, 0.2) is 30.5 Å². The van der Waals surface area contributed by atoms with E-state index in [1.807, 2.05) is 0 Å². The van der Waals surface area contributed by atoms with Crippen LogP contribution in [0.4, 0.5) is 11.8 Å². The minimum atomic E-state index is 0.553. The van der Waals surface area contributed by atoms with E-state index in [4.69, 9.17) is 4.74 Å². The first-order valence-electron chi connectivity index (χ1n) is 8.33. The molecule has 1 fully saturated rings. The molecule has 1 aliphatic rings. The molecule has 24 heavy (non-hydrogen) atoms. The zero-order valence-electron chi connectivity index (χ0n) is 14.0. The lowest BCUT2D eigenvalue weighted by Crippen LogP contribution is -2.39. The molecule has 0 bridgehead atoms. The molecule has 0 radical (unpaired) electrons. The van der Waals surface area contributed by atoms with Crippen LogP contribution in [0.3, 0.4) is 0 Å². The molecule has 2 aromatic rings. The monoisotopic (exact) mass is 328 g/mol. The van der Waals surface area contributed by atoms with Gasteiger partial charge in [0, 0.05) is 32.7 Å². The highest BCUT2D eigenvalue weighted by Gasteiger charge is 2.09. The third kappa shape index (κ3) is 5.14. The summed E-state index contributed by atoms with van der Waals surface area (Å²) in [5, 5.41) is 14.6. The van der Waals surface area contributed by atoms with E-state index in [9.17, 15) is 0 Å². The van der Waals surface area contributed by atoms with Gasteiger partial charge in [-0.1, -0.05) is 29.8 Å². The first-order valence-corrected chi connectivity index (χ1v) is 8.33. The first kappa shape index (κ1) is 16.6. The van der Waals surface area contributed by atoms with Gasteiger partial charge in [0.05, 0.1) is 19.4 Å². The van der Waals surface area contributed by atoms with Gasteiger partial charge in [-0.3, -0.25) is 4.90 Å². The molecule has 1 saturated heterocycles. The quantitative estimate of drug-likeness (QED) is 0.798. The Labute approximate surface area is 142 Å². The van der Waals surface area contributed by atoms with E-state index in [2.05, 4.69) is 61.9 Å². The molecule has 0 amide bonds. The van der Waals surface area contributed by atoms with E-state index < -0.39 is 0 Å². The van der Waals surface area contributed by atoms with Gasteiger partial charge in [0.2, 0.25) is 5.95 Å². The SMILES string of the molecule is Cc1cccc(CNc2cnnc(NCCN3CCOCC3)n2)c1. The van der Waals surface area contributed by atoms with Crippen molar-refractivity contribution in [1.82, 2.24) is 20.1 Å². The average Bonchev–Trinajstić information content (AvgIpc) is 2.61. The smallest absolute Gasteiger partial charge is 0.244 e. The van der Waals surface area contributed by atoms with Gasteiger partial charge in [-0.05, 0) is 12.5 Å². The lowest BCUT2D eigenvalue weighted by atomic mass is 10.1. The number of benzene rings is 1. The molecule has 1 aliphatic heterocycles. The van der Waals surface area contributed by atoms with Gasteiger partial charge < -0.3 is 15.4 Å².